The van der Waals surface area contributed by atoms with Gasteiger partial charge in [0.05, 0.1) is 17.5 Å². The highest BCUT2D eigenvalue weighted by molar-refractivity contribution is 9.10. The summed E-state index contributed by atoms with van der Waals surface area (Å²) in [5, 5.41) is 7.39. The summed E-state index contributed by atoms with van der Waals surface area (Å²) in [6, 6.07) is 0.305. The molecule has 0 saturated carbocycles. The average molecular weight is 316 g/mol. The third-order valence-corrected chi connectivity index (χ3v) is 3.90. The second kappa shape index (κ2) is 5.01. The number of ether oxygens (including phenoxy) is 1. The van der Waals surface area contributed by atoms with Crippen LogP contribution in [0.2, 0.25) is 0 Å². The molecular formula is C12H18BrN3O2. The number of aromatic nitrogens is 2. The maximum Gasteiger partial charge on any atom is 0.282 e. The average Bonchev–Trinajstić information content (AvgIpc) is 2.29. The summed E-state index contributed by atoms with van der Waals surface area (Å²) in [4.78, 5) is 11.7. The highest BCUT2D eigenvalue weighted by Crippen LogP contribution is 2.27. The van der Waals surface area contributed by atoms with E-state index in [9.17, 15) is 4.79 Å². The van der Waals surface area contributed by atoms with Crippen LogP contribution in [0.4, 0.5) is 5.69 Å². The number of anilines is 1. The van der Waals surface area contributed by atoms with E-state index >= 15 is 0 Å². The van der Waals surface area contributed by atoms with Crippen molar-refractivity contribution in [1.82, 2.24) is 9.78 Å². The van der Waals surface area contributed by atoms with Gasteiger partial charge in [0.1, 0.15) is 4.47 Å². The first-order valence-corrected chi connectivity index (χ1v) is 6.81. The first kappa shape index (κ1) is 13.5. The van der Waals surface area contributed by atoms with Crippen molar-refractivity contribution in [3.05, 3.63) is 21.0 Å². The summed E-state index contributed by atoms with van der Waals surface area (Å²) < 4.78 is 7.51. The molecule has 0 bridgehead atoms. The molecule has 2 heterocycles. The largest absolute Gasteiger partial charge is 0.380 e. The van der Waals surface area contributed by atoms with Crippen LogP contribution in [0.1, 0.15) is 26.7 Å². The molecule has 6 heteroatoms. The summed E-state index contributed by atoms with van der Waals surface area (Å²) >= 11 is 3.32. The zero-order valence-corrected chi connectivity index (χ0v) is 12.5. The van der Waals surface area contributed by atoms with E-state index in [-0.39, 0.29) is 11.2 Å². The van der Waals surface area contributed by atoms with Crippen molar-refractivity contribution < 1.29 is 4.74 Å². The number of rotatable bonds is 2. The van der Waals surface area contributed by atoms with Crippen LogP contribution in [0.3, 0.4) is 0 Å². The predicted molar refractivity (Wildman–Crippen MR) is 73.9 cm³/mol. The number of halogens is 1. The Morgan fingerprint density at radius 1 is 1.61 bits per heavy atom. The zero-order chi connectivity index (χ0) is 13.3. The summed E-state index contributed by atoms with van der Waals surface area (Å²) in [7, 11) is 1.63. The predicted octanol–water partition coefficient (Wildman–Crippen LogP) is 1.91. The lowest BCUT2D eigenvalue weighted by molar-refractivity contribution is -0.0553. The van der Waals surface area contributed by atoms with Crippen molar-refractivity contribution in [3.8, 4) is 0 Å². The molecule has 0 radical (unpaired) electrons. The zero-order valence-electron chi connectivity index (χ0n) is 10.9. The Labute approximate surface area is 115 Å². The lowest BCUT2D eigenvalue weighted by atomic mass is 9.94. The minimum Gasteiger partial charge on any atom is -0.380 e. The first-order chi connectivity index (χ1) is 8.39. The maximum atomic E-state index is 11.7. The number of nitrogens with one attached hydrogen (secondary N) is 1. The minimum absolute atomic E-state index is 0.116. The van der Waals surface area contributed by atoms with E-state index in [0.29, 0.717) is 10.5 Å². The molecule has 1 aromatic rings. The molecule has 1 unspecified atom stereocenters. The van der Waals surface area contributed by atoms with Gasteiger partial charge in [0.2, 0.25) is 0 Å². The van der Waals surface area contributed by atoms with Gasteiger partial charge in [-0.3, -0.25) is 4.79 Å². The van der Waals surface area contributed by atoms with E-state index in [4.69, 9.17) is 4.74 Å². The van der Waals surface area contributed by atoms with E-state index in [1.807, 2.05) is 0 Å². The van der Waals surface area contributed by atoms with Gasteiger partial charge in [0.15, 0.2) is 0 Å². The van der Waals surface area contributed by atoms with Crippen LogP contribution in [-0.4, -0.2) is 28.0 Å². The normalized spacial score (nSPS) is 22.8. The lowest BCUT2D eigenvalue weighted by Gasteiger charge is -2.36. The molecule has 5 nitrogen and oxygen atoms in total. The molecule has 0 aromatic carbocycles. The van der Waals surface area contributed by atoms with Gasteiger partial charge < -0.3 is 10.1 Å². The third kappa shape index (κ3) is 2.92. The molecule has 2 rings (SSSR count). The Kier molecular flexibility index (Phi) is 3.77. The quantitative estimate of drug-likeness (QED) is 0.905. The number of aryl methyl sites for hydroxylation is 1. The fourth-order valence-corrected chi connectivity index (χ4v) is 2.66. The number of hydrogen-bond donors (Lipinski definition) is 1. The van der Waals surface area contributed by atoms with Crippen molar-refractivity contribution >= 4 is 21.6 Å². The Morgan fingerprint density at radius 3 is 3.00 bits per heavy atom. The fourth-order valence-electron chi connectivity index (χ4n) is 2.19. The molecule has 1 fully saturated rings. The monoisotopic (exact) mass is 315 g/mol. The molecule has 0 aliphatic carbocycles. The van der Waals surface area contributed by atoms with Crippen molar-refractivity contribution in [2.75, 3.05) is 11.9 Å². The smallest absolute Gasteiger partial charge is 0.282 e. The van der Waals surface area contributed by atoms with E-state index in [1.165, 1.54) is 4.68 Å². The van der Waals surface area contributed by atoms with Gasteiger partial charge in [0, 0.05) is 19.7 Å². The van der Waals surface area contributed by atoms with Gasteiger partial charge in [-0.15, -0.1) is 0 Å². The van der Waals surface area contributed by atoms with Crippen LogP contribution in [-0.2, 0) is 11.8 Å². The number of hydrogen-bond acceptors (Lipinski definition) is 4. The fraction of sp³-hybridized carbons (Fsp3) is 0.667. The van der Waals surface area contributed by atoms with Gasteiger partial charge in [0.25, 0.3) is 5.56 Å². The van der Waals surface area contributed by atoms with Gasteiger partial charge in [-0.05, 0) is 42.6 Å². The van der Waals surface area contributed by atoms with E-state index < -0.39 is 0 Å². The van der Waals surface area contributed by atoms with Crippen LogP contribution in [0.5, 0.6) is 0 Å². The Morgan fingerprint density at radius 2 is 2.33 bits per heavy atom. The van der Waals surface area contributed by atoms with Crippen molar-refractivity contribution in [3.63, 3.8) is 0 Å². The van der Waals surface area contributed by atoms with Gasteiger partial charge in [-0.2, -0.15) is 5.10 Å². The highest BCUT2D eigenvalue weighted by atomic mass is 79.9. The van der Waals surface area contributed by atoms with E-state index in [0.717, 1.165) is 25.1 Å². The SMILES string of the molecule is Cn1ncc(NC2CCOC(C)(C)C2)c(Br)c1=O. The molecule has 100 valence electrons. The van der Waals surface area contributed by atoms with E-state index in [1.54, 1.807) is 13.2 Å². The van der Waals surface area contributed by atoms with Crippen molar-refractivity contribution in [1.29, 1.82) is 0 Å². The van der Waals surface area contributed by atoms with Crippen molar-refractivity contribution in [2.24, 2.45) is 7.05 Å². The second-order valence-corrected chi connectivity index (χ2v) is 6.04. The lowest BCUT2D eigenvalue weighted by Crippen LogP contribution is -2.40. The molecule has 1 aliphatic heterocycles. The van der Waals surface area contributed by atoms with Gasteiger partial charge >= 0.3 is 0 Å². The molecule has 18 heavy (non-hydrogen) atoms. The Hall–Kier alpha value is -0.880. The van der Waals surface area contributed by atoms with Gasteiger partial charge in [-0.1, -0.05) is 0 Å². The maximum absolute atomic E-state index is 11.7. The summed E-state index contributed by atoms with van der Waals surface area (Å²) in [5.41, 5.74) is 0.502. The summed E-state index contributed by atoms with van der Waals surface area (Å²) in [6.07, 6.45) is 3.52. The molecule has 1 atom stereocenters. The summed E-state index contributed by atoms with van der Waals surface area (Å²) in [5.74, 6) is 0. The molecule has 0 spiro atoms. The van der Waals surface area contributed by atoms with Gasteiger partial charge in [-0.25, -0.2) is 4.68 Å². The van der Waals surface area contributed by atoms with Crippen LogP contribution < -0.4 is 10.9 Å². The van der Waals surface area contributed by atoms with Crippen LogP contribution in [0, 0.1) is 0 Å². The topological polar surface area (TPSA) is 56.1 Å². The molecule has 1 saturated heterocycles. The first-order valence-electron chi connectivity index (χ1n) is 6.01. The molecule has 1 aliphatic rings. The third-order valence-electron chi connectivity index (χ3n) is 3.13. The molecular weight excluding hydrogens is 298 g/mol. The van der Waals surface area contributed by atoms with E-state index in [2.05, 4.69) is 40.2 Å². The Bertz CT molecular complexity index is 499. The number of nitrogens with zero attached hydrogens (tertiary/aromatic N) is 2. The Balaban J connectivity index is 2.15. The minimum atomic E-state index is -0.133. The van der Waals surface area contributed by atoms with Crippen LogP contribution >= 0.6 is 15.9 Å². The highest BCUT2D eigenvalue weighted by Gasteiger charge is 2.29. The molecule has 1 aromatic heterocycles. The standard InChI is InChI=1S/C12H18BrN3O2/c1-12(2)6-8(4-5-18-12)15-9-7-14-16(3)11(17)10(9)13/h7-8,15H,4-6H2,1-3H3. The second-order valence-electron chi connectivity index (χ2n) is 5.24. The molecule has 1 N–H and O–H groups in total. The van der Waals surface area contributed by atoms with Crippen molar-refractivity contribution in [2.45, 2.75) is 38.3 Å². The van der Waals surface area contributed by atoms with Crippen LogP contribution in [0.25, 0.3) is 0 Å². The van der Waals surface area contributed by atoms with Crippen LogP contribution in [0.15, 0.2) is 15.5 Å². The molecule has 0 amide bonds. The summed E-state index contributed by atoms with van der Waals surface area (Å²) in [6.45, 7) is 4.90.